The summed E-state index contributed by atoms with van der Waals surface area (Å²) in [7, 11) is 0. The van der Waals surface area contributed by atoms with Crippen LogP contribution in [-0.4, -0.2) is 23.5 Å². The summed E-state index contributed by atoms with van der Waals surface area (Å²) in [5, 5.41) is 1.48. The number of halogens is 4. The maximum Gasteiger partial charge on any atom is 0.343 e. The number of hydrogen-bond acceptors (Lipinski definition) is 6. The molecule has 0 spiro atoms. The van der Waals surface area contributed by atoms with Gasteiger partial charge in [0.25, 0.3) is 0 Å². The Balaban J connectivity index is 0.000000196. The number of hydrogen-bond donors (Lipinski definition) is 0. The predicted octanol–water partition coefficient (Wildman–Crippen LogP) is 11.2. The topological polar surface area (TPSA) is 86.7 Å². The molecule has 0 aliphatic carbocycles. The van der Waals surface area contributed by atoms with Gasteiger partial charge in [0.2, 0.25) is 17.4 Å². The van der Waals surface area contributed by atoms with E-state index in [9.17, 15) is 36.7 Å². The fraction of sp³-hybridized carbons (Fsp3) is 0.0833. The molecule has 0 heterocycles. The monoisotopic (exact) mass is 782 g/mol. The Hall–Kier alpha value is -7.20. The molecule has 0 aromatic heterocycles. The lowest BCUT2D eigenvalue weighted by Crippen LogP contribution is -2.16. The quantitative estimate of drug-likeness (QED) is 0.0502. The van der Waals surface area contributed by atoms with Crippen LogP contribution in [0.5, 0.6) is 11.5 Å². The number of aryl methyl sites for hydroxylation is 4. The Kier molecular flexibility index (Phi) is 12.1. The molecule has 7 aromatic carbocycles. The zero-order chi connectivity index (χ0) is 41.7. The van der Waals surface area contributed by atoms with Crippen molar-refractivity contribution in [3.8, 4) is 11.5 Å². The molecular formula is C48H34F4O6. The molecule has 0 radical (unpaired) electrons. The standard InChI is InChI=1S/C26H20O3.C22H14F4O3/c1-17-7-11-19(12-8-17)25(27)23-15-16-24(22-6-4-3-5-21(22)23)29-26(28)20-13-9-18(2)10-14-20;1-11-3-7-13(8-4-11)20(27)15-16(23)18(25)21(19(26)17(15)24)29-22(28)14-9-5-12(2)6-10-14/h3-16H,1-2H3;3-10H,1-2H3. The fourth-order valence-corrected chi connectivity index (χ4v) is 5.86. The molecule has 0 fully saturated rings. The SMILES string of the molecule is Cc1ccc(C(=O)Oc2c(F)c(F)c(C(=O)c3ccc(C)cc3)c(F)c2F)cc1.Cc1ccc(C(=O)Oc2ccc(C(=O)c3ccc(C)cc3)c3ccccc23)cc1. The maximum absolute atomic E-state index is 14.4. The highest BCUT2D eigenvalue weighted by Gasteiger charge is 2.32. The zero-order valence-electron chi connectivity index (χ0n) is 31.7. The lowest BCUT2D eigenvalue weighted by molar-refractivity contribution is 0.0713. The van der Waals surface area contributed by atoms with Gasteiger partial charge in [-0.05, 0) is 69.5 Å². The molecule has 290 valence electrons. The van der Waals surface area contributed by atoms with Gasteiger partial charge in [0.15, 0.2) is 23.2 Å². The first-order chi connectivity index (χ1) is 27.7. The largest absolute Gasteiger partial charge is 0.422 e. The number of ketones is 2. The van der Waals surface area contributed by atoms with Crippen LogP contribution in [0.25, 0.3) is 10.8 Å². The summed E-state index contributed by atoms with van der Waals surface area (Å²) >= 11 is 0. The lowest BCUT2D eigenvalue weighted by Gasteiger charge is -2.12. The van der Waals surface area contributed by atoms with Crippen molar-refractivity contribution in [2.24, 2.45) is 0 Å². The van der Waals surface area contributed by atoms with Gasteiger partial charge < -0.3 is 9.47 Å². The molecule has 10 heteroatoms. The minimum atomic E-state index is -1.97. The van der Waals surface area contributed by atoms with Crippen LogP contribution in [0.15, 0.2) is 133 Å². The van der Waals surface area contributed by atoms with Crippen LogP contribution < -0.4 is 9.47 Å². The Morgan fingerprint density at radius 3 is 1.22 bits per heavy atom. The van der Waals surface area contributed by atoms with Gasteiger partial charge in [-0.25, -0.2) is 18.4 Å². The van der Waals surface area contributed by atoms with Crippen LogP contribution in [0.2, 0.25) is 0 Å². The van der Waals surface area contributed by atoms with Crippen molar-refractivity contribution in [2.45, 2.75) is 27.7 Å². The van der Waals surface area contributed by atoms with Crippen LogP contribution in [0.1, 0.15) is 74.8 Å². The summed E-state index contributed by atoms with van der Waals surface area (Å²) in [4.78, 5) is 50.0. The second kappa shape index (κ2) is 17.3. The second-order valence-corrected chi connectivity index (χ2v) is 13.5. The highest BCUT2D eigenvalue weighted by Crippen LogP contribution is 2.33. The van der Waals surface area contributed by atoms with Gasteiger partial charge in [-0.3, -0.25) is 9.59 Å². The van der Waals surface area contributed by atoms with Crippen LogP contribution in [0.4, 0.5) is 17.6 Å². The molecule has 0 aliphatic heterocycles. The molecular weight excluding hydrogens is 749 g/mol. The first kappa shape index (κ1) is 40.5. The molecule has 58 heavy (non-hydrogen) atoms. The average Bonchev–Trinajstić information content (AvgIpc) is 3.22. The van der Waals surface area contributed by atoms with Gasteiger partial charge in [0, 0.05) is 22.1 Å². The Morgan fingerprint density at radius 2 is 0.776 bits per heavy atom. The molecule has 0 N–H and O–H groups in total. The molecule has 0 unspecified atom stereocenters. The minimum Gasteiger partial charge on any atom is -0.422 e. The van der Waals surface area contributed by atoms with Crippen molar-refractivity contribution in [2.75, 3.05) is 0 Å². The van der Waals surface area contributed by atoms with E-state index < -0.39 is 52.3 Å². The summed E-state index contributed by atoms with van der Waals surface area (Å²) < 4.78 is 67.8. The Labute approximate surface area is 331 Å². The van der Waals surface area contributed by atoms with E-state index in [2.05, 4.69) is 4.74 Å². The normalized spacial score (nSPS) is 10.7. The molecule has 0 saturated heterocycles. The van der Waals surface area contributed by atoms with Gasteiger partial charge in [-0.2, -0.15) is 8.78 Å². The number of fused-ring (bicyclic) bond motifs is 1. The summed E-state index contributed by atoms with van der Waals surface area (Å²) in [6.07, 6.45) is 0. The third-order valence-corrected chi connectivity index (χ3v) is 9.18. The molecule has 0 saturated carbocycles. The first-order valence-electron chi connectivity index (χ1n) is 17.9. The van der Waals surface area contributed by atoms with Gasteiger partial charge in [0.05, 0.1) is 11.1 Å². The highest BCUT2D eigenvalue weighted by atomic mass is 19.2. The van der Waals surface area contributed by atoms with Crippen LogP contribution in [0, 0.1) is 51.0 Å². The number of carbonyl (C=O) groups is 4. The van der Waals surface area contributed by atoms with E-state index >= 15 is 0 Å². The number of esters is 2. The summed E-state index contributed by atoms with van der Waals surface area (Å²) in [5.41, 5.74) is 3.83. The number of carbonyl (C=O) groups excluding carboxylic acids is 4. The van der Waals surface area contributed by atoms with E-state index in [1.165, 1.54) is 36.4 Å². The maximum atomic E-state index is 14.4. The van der Waals surface area contributed by atoms with Crippen molar-refractivity contribution >= 4 is 34.3 Å². The Morgan fingerprint density at radius 1 is 0.397 bits per heavy atom. The smallest absolute Gasteiger partial charge is 0.343 e. The average molecular weight is 783 g/mol. The zero-order valence-corrected chi connectivity index (χ0v) is 31.7. The summed E-state index contributed by atoms with van der Waals surface area (Å²) in [5.74, 6) is -11.9. The van der Waals surface area contributed by atoms with Crippen molar-refractivity contribution in [3.63, 3.8) is 0 Å². The van der Waals surface area contributed by atoms with Crippen LogP contribution in [-0.2, 0) is 0 Å². The minimum absolute atomic E-state index is 0.0578. The molecule has 0 atom stereocenters. The van der Waals surface area contributed by atoms with E-state index in [-0.39, 0.29) is 16.9 Å². The van der Waals surface area contributed by atoms with E-state index in [1.807, 2.05) is 74.5 Å². The Bertz CT molecular complexity index is 2660. The highest BCUT2D eigenvalue weighted by molar-refractivity contribution is 6.17. The van der Waals surface area contributed by atoms with Gasteiger partial charge in [-0.1, -0.05) is 119 Å². The van der Waals surface area contributed by atoms with Crippen molar-refractivity contribution in [3.05, 3.63) is 212 Å². The van der Waals surface area contributed by atoms with Crippen molar-refractivity contribution < 1.29 is 46.2 Å². The fourth-order valence-electron chi connectivity index (χ4n) is 5.86. The molecule has 0 bridgehead atoms. The lowest BCUT2D eigenvalue weighted by atomic mass is 9.96. The molecule has 0 aliphatic rings. The van der Waals surface area contributed by atoms with Crippen molar-refractivity contribution in [1.82, 2.24) is 0 Å². The van der Waals surface area contributed by atoms with E-state index in [4.69, 9.17) is 4.74 Å². The number of rotatable bonds is 8. The number of benzene rings is 7. The van der Waals surface area contributed by atoms with Crippen molar-refractivity contribution in [1.29, 1.82) is 0 Å². The van der Waals surface area contributed by atoms with Gasteiger partial charge >= 0.3 is 11.9 Å². The molecule has 7 aromatic rings. The molecule has 7 rings (SSSR count). The third kappa shape index (κ3) is 8.76. The van der Waals surface area contributed by atoms with Gasteiger partial charge in [-0.15, -0.1) is 0 Å². The van der Waals surface area contributed by atoms with E-state index in [1.54, 1.807) is 50.2 Å². The third-order valence-electron chi connectivity index (χ3n) is 9.18. The van der Waals surface area contributed by atoms with Crippen LogP contribution >= 0.6 is 0 Å². The first-order valence-corrected chi connectivity index (χ1v) is 17.9. The van der Waals surface area contributed by atoms with E-state index in [0.29, 0.717) is 22.4 Å². The summed E-state index contributed by atoms with van der Waals surface area (Å²) in [6.45, 7) is 7.43. The van der Waals surface area contributed by atoms with Gasteiger partial charge in [0.1, 0.15) is 11.3 Å². The second-order valence-electron chi connectivity index (χ2n) is 13.5. The summed E-state index contributed by atoms with van der Waals surface area (Å²) in [6, 6.07) is 37.0. The number of ether oxygens (including phenoxy) is 2. The predicted molar refractivity (Wildman–Crippen MR) is 212 cm³/mol. The van der Waals surface area contributed by atoms with E-state index in [0.717, 1.165) is 33.0 Å². The molecule has 0 amide bonds. The van der Waals surface area contributed by atoms with Crippen LogP contribution in [0.3, 0.4) is 0 Å². The molecule has 6 nitrogen and oxygen atoms in total.